The number of nitrogens with one attached hydrogen (secondary N) is 1. The molecule has 2 aliphatic rings. The maximum Gasteiger partial charge on any atom is 0.421 e. The molecule has 7 nitrogen and oxygen atoms in total. The molecule has 1 aromatic heterocycles. The number of nitrogens with zero attached hydrogens (tertiary/aromatic N) is 2. The third-order valence-electron chi connectivity index (χ3n) is 6.63. The third kappa shape index (κ3) is 5.52. The van der Waals surface area contributed by atoms with E-state index in [4.69, 9.17) is 4.74 Å². The van der Waals surface area contributed by atoms with Gasteiger partial charge >= 0.3 is 6.18 Å². The molecule has 0 radical (unpaired) electrons. The van der Waals surface area contributed by atoms with Crippen molar-refractivity contribution in [2.24, 2.45) is 0 Å². The third-order valence-corrected chi connectivity index (χ3v) is 9.87. The van der Waals surface area contributed by atoms with Gasteiger partial charge in [0.15, 0.2) is 5.60 Å². The zero-order valence-corrected chi connectivity index (χ0v) is 21.2. The average molecular weight is 534 g/mol. The van der Waals surface area contributed by atoms with Crippen molar-refractivity contribution in [1.29, 1.82) is 0 Å². The van der Waals surface area contributed by atoms with Gasteiger partial charge in [0.2, 0.25) is 0 Å². The zero-order chi connectivity index (χ0) is 25.4. The molecular weight excluding hydrogens is 503 g/mol. The molecular formula is C23H30F3N3O4S2. The predicted molar refractivity (Wildman–Crippen MR) is 128 cm³/mol. The highest BCUT2D eigenvalue weighted by molar-refractivity contribution is 7.91. The number of thiophene rings is 1. The molecule has 1 unspecified atom stereocenters. The molecule has 2 aliphatic heterocycles. The molecule has 2 fully saturated rings. The van der Waals surface area contributed by atoms with Crippen molar-refractivity contribution in [3.63, 3.8) is 0 Å². The molecule has 2 N–H and O–H groups in total. The number of alkyl halides is 3. The first-order valence-corrected chi connectivity index (χ1v) is 13.8. The van der Waals surface area contributed by atoms with E-state index in [0.717, 1.165) is 6.92 Å². The molecule has 0 saturated carbocycles. The summed E-state index contributed by atoms with van der Waals surface area (Å²) in [5.74, 6) is 0. The fourth-order valence-electron chi connectivity index (χ4n) is 4.48. The highest BCUT2D eigenvalue weighted by atomic mass is 32.2. The van der Waals surface area contributed by atoms with E-state index in [0.29, 0.717) is 36.1 Å². The fourth-order valence-corrected chi connectivity index (χ4v) is 7.09. The standard InChI is InChI=1S/C23H30F3N3O4S2/c1-16(27-18-14-33-15-18)12-20-13-28(35(31,32)21-4-3-11-34-21)9-10-29(20)19-7-5-17(6-8-19)22(2,30)23(24,25)26/h3-8,11,16,18,20,27,30H,9-10,12-15H2,1-2H3/t16?,20-,22+/m0/s1. The monoisotopic (exact) mass is 533 g/mol. The number of aliphatic hydroxyl groups is 1. The number of benzene rings is 1. The number of piperazine rings is 1. The lowest BCUT2D eigenvalue weighted by Gasteiger charge is -2.43. The van der Waals surface area contributed by atoms with Crippen molar-refractivity contribution in [3.05, 3.63) is 47.3 Å². The van der Waals surface area contributed by atoms with Crippen LogP contribution in [0.3, 0.4) is 0 Å². The lowest BCUT2D eigenvalue weighted by molar-refractivity contribution is -0.258. The summed E-state index contributed by atoms with van der Waals surface area (Å²) in [6.45, 7) is 4.95. The van der Waals surface area contributed by atoms with Crippen molar-refractivity contribution < 1.29 is 31.4 Å². The molecule has 1 aromatic carbocycles. The van der Waals surface area contributed by atoms with Gasteiger partial charge in [0.1, 0.15) is 4.21 Å². The number of rotatable bonds is 8. The second-order valence-electron chi connectivity index (χ2n) is 9.30. The molecule has 3 atom stereocenters. The summed E-state index contributed by atoms with van der Waals surface area (Å²) in [6, 6.07) is 9.11. The van der Waals surface area contributed by atoms with Crippen LogP contribution in [0.2, 0.25) is 0 Å². The van der Waals surface area contributed by atoms with E-state index in [1.54, 1.807) is 29.6 Å². The topological polar surface area (TPSA) is 82.1 Å². The quantitative estimate of drug-likeness (QED) is 0.543. The minimum Gasteiger partial charge on any atom is -0.378 e. The summed E-state index contributed by atoms with van der Waals surface area (Å²) in [7, 11) is -3.63. The van der Waals surface area contributed by atoms with Crippen LogP contribution in [0.1, 0.15) is 25.8 Å². The van der Waals surface area contributed by atoms with Gasteiger partial charge in [0.25, 0.3) is 10.0 Å². The van der Waals surface area contributed by atoms with Crippen molar-refractivity contribution in [1.82, 2.24) is 9.62 Å². The number of hydrogen-bond acceptors (Lipinski definition) is 7. The van der Waals surface area contributed by atoms with Gasteiger partial charge in [-0.05, 0) is 49.4 Å². The number of halogens is 3. The molecule has 0 bridgehead atoms. The van der Waals surface area contributed by atoms with Crippen LogP contribution in [0, 0.1) is 0 Å². The summed E-state index contributed by atoms with van der Waals surface area (Å²) in [6.07, 6.45) is -4.17. The van der Waals surface area contributed by atoms with Crippen LogP contribution in [-0.2, 0) is 20.4 Å². The van der Waals surface area contributed by atoms with Crippen molar-refractivity contribution >= 4 is 27.0 Å². The first-order chi connectivity index (χ1) is 16.4. The summed E-state index contributed by atoms with van der Waals surface area (Å²) in [5.41, 5.74) is -2.52. The Morgan fingerprint density at radius 2 is 1.89 bits per heavy atom. The summed E-state index contributed by atoms with van der Waals surface area (Å²) < 4.78 is 73.1. The van der Waals surface area contributed by atoms with Crippen molar-refractivity contribution in [2.75, 3.05) is 37.7 Å². The second-order valence-corrected chi connectivity index (χ2v) is 12.4. The van der Waals surface area contributed by atoms with E-state index < -0.39 is 21.8 Å². The van der Waals surface area contributed by atoms with Crippen LogP contribution in [-0.4, -0.2) is 75.0 Å². The number of anilines is 1. The first kappa shape index (κ1) is 26.4. The molecule has 12 heteroatoms. The molecule has 194 valence electrons. The van der Waals surface area contributed by atoms with Gasteiger partial charge in [-0.3, -0.25) is 0 Å². The number of sulfonamides is 1. The Morgan fingerprint density at radius 3 is 2.43 bits per heavy atom. The Kier molecular flexibility index (Phi) is 7.52. The highest BCUT2D eigenvalue weighted by Crippen LogP contribution is 2.39. The Morgan fingerprint density at radius 1 is 1.20 bits per heavy atom. The Bertz CT molecular complexity index is 1090. The summed E-state index contributed by atoms with van der Waals surface area (Å²) in [4.78, 5) is 2.04. The van der Waals surface area contributed by atoms with Crippen LogP contribution in [0.25, 0.3) is 0 Å². The Balaban J connectivity index is 1.56. The highest BCUT2D eigenvalue weighted by Gasteiger charge is 2.51. The van der Waals surface area contributed by atoms with Crippen molar-refractivity contribution in [2.45, 2.75) is 54.4 Å². The van der Waals surface area contributed by atoms with Crippen LogP contribution < -0.4 is 10.2 Å². The summed E-state index contributed by atoms with van der Waals surface area (Å²) in [5, 5.41) is 15.2. The molecule has 0 amide bonds. The molecule has 2 aromatic rings. The van der Waals surface area contributed by atoms with E-state index in [-0.39, 0.29) is 36.8 Å². The minimum absolute atomic E-state index is 0.0750. The molecule has 0 aliphatic carbocycles. The van der Waals surface area contributed by atoms with Gasteiger partial charge in [0.05, 0.1) is 19.3 Å². The van der Waals surface area contributed by atoms with Crippen molar-refractivity contribution in [3.8, 4) is 0 Å². The lowest BCUT2D eigenvalue weighted by Crippen LogP contribution is -2.57. The SMILES string of the molecule is CC(C[C@H]1CN(S(=O)(=O)c2cccs2)CCN1c1ccc([C@@](C)(O)C(F)(F)F)cc1)NC1COC1. The van der Waals surface area contributed by atoms with Crippen LogP contribution in [0.5, 0.6) is 0 Å². The van der Waals surface area contributed by atoms with E-state index >= 15 is 0 Å². The lowest BCUT2D eigenvalue weighted by atomic mass is 9.94. The largest absolute Gasteiger partial charge is 0.421 e. The number of ether oxygens (including phenoxy) is 1. The molecule has 0 spiro atoms. The van der Waals surface area contributed by atoms with E-state index in [9.17, 15) is 26.7 Å². The van der Waals surface area contributed by atoms with Crippen LogP contribution >= 0.6 is 11.3 Å². The maximum atomic E-state index is 13.3. The van der Waals surface area contributed by atoms with Crippen LogP contribution in [0.15, 0.2) is 46.0 Å². The van der Waals surface area contributed by atoms with E-state index in [1.807, 2.05) is 11.8 Å². The molecule has 35 heavy (non-hydrogen) atoms. The van der Waals surface area contributed by atoms with Gasteiger partial charge in [-0.15, -0.1) is 11.3 Å². The van der Waals surface area contributed by atoms with Gasteiger partial charge in [-0.1, -0.05) is 18.2 Å². The second kappa shape index (κ2) is 9.98. The average Bonchev–Trinajstić information content (AvgIpc) is 3.31. The minimum atomic E-state index is -4.80. The normalized spacial score (nSPS) is 23.0. The maximum absolute atomic E-state index is 13.3. The fraction of sp³-hybridized carbons (Fsp3) is 0.565. The van der Waals surface area contributed by atoms with Gasteiger partial charge < -0.3 is 20.1 Å². The molecule has 4 rings (SSSR count). The molecule has 2 saturated heterocycles. The Hall–Kier alpha value is -1.70. The predicted octanol–water partition coefficient (Wildman–Crippen LogP) is 3.16. The van der Waals surface area contributed by atoms with Crippen LogP contribution in [0.4, 0.5) is 18.9 Å². The smallest absolute Gasteiger partial charge is 0.378 e. The van der Waals surface area contributed by atoms with E-state index in [1.165, 1.54) is 27.8 Å². The molecule has 3 heterocycles. The van der Waals surface area contributed by atoms with E-state index in [2.05, 4.69) is 5.32 Å². The van der Waals surface area contributed by atoms with Gasteiger partial charge in [-0.2, -0.15) is 17.5 Å². The zero-order valence-electron chi connectivity index (χ0n) is 19.5. The number of hydrogen-bond donors (Lipinski definition) is 2. The van der Waals surface area contributed by atoms with Gasteiger partial charge in [0, 0.05) is 37.4 Å². The first-order valence-electron chi connectivity index (χ1n) is 11.4. The Labute approximate surface area is 207 Å². The summed E-state index contributed by atoms with van der Waals surface area (Å²) >= 11 is 1.18. The van der Waals surface area contributed by atoms with Gasteiger partial charge in [-0.25, -0.2) is 8.42 Å².